The van der Waals surface area contributed by atoms with Crippen LogP contribution in [0.4, 0.5) is 4.39 Å². The molecule has 3 nitrogen and oxygen atoms in total. The third kappa shape index (κ3) is 5.40. The number of nitrogens with one attached hydrogen (secondary N) is 1. The summed E-state index contributed by atoms with van der Waals surface area (Å²) < 4.78 is 18.7. The van der Waals surface area contributed by atoms with E-state index in [0.717, 1.165) is 11.1 Å². The van der Waals surface area contributed by atoms with Gasteiger partial charge in [0.25, 0.3) is 0 Å². The molecular weight excluding hydrogens is 293 g/mol. The van der Waals surface area contributed by atoms with Crippen molar-refractivity contribution in [2.45, 2.75) is 33.9 Å². The van der Waals surface area contributed by atoms with Gasteiger partial charge in [0.2, 0.25) is 5.91 Å². The summed E-state index contributed by atoms with van der Waals surface area (Å²) in [5.41, 5.74) is 1.39. The summed E-state index contributed by atoms with van der Waals surface area (Å²) in [7, 11) is 0. The van der Waals surface area contributed by atoms with E-state index in [0.29, 0.717) is 18.9 Å². The Morgan fingerprint density at radius 2 is 1.78 bits per heavy atom. The Labute approximate surface area is 136 Å². The number of amides is 1. The van der Waals surface area contributed by atoms with Crippen LogP contribution >= 0.6 is 0 Å². The van der Waals surface area contributed by atoms with Crippen molar-refractivity contribution in [2.75, 3.05) is 0 Å². The fourth-order valence-corrected chi connectivity index (χ4v) is 1.94. The molecule has 2 rings (SSSR count). The Morgan fingerprint density at radius 1 is 1.09 bits per heavy atom. The van der Waals surface area contributed by atoms with Gasteiger partial charge in [-0.25, -0.2) is 4.39 Å². The molecule has 0 spiro atoms. The van der Waals surface area contributed by atoms with Crippen molar-refractivity contribution in [3.8, 4) is 5.75 Å². The second-order valence-electron chi connectivity index (χ2n) is 6.50. The van der Waals surface area contributed by atoms with Gasteiger partial charge in [-0.05, 0) is 35.4 Å². The fraction of sp³-hybridized carbons (Fsp3) is 0.316. The van der Waals surface area contributed by atoms with Gasteiger partial charge in [0, 0.05) is 12.0 Å². The van der Waals surface area contributed by atoms with Crippen molar-refractivity contribution >= 4 is 5.91 Å². The molecule has 0 unspecified atom stereocenters. The molecule has 0 saturated carbocycles. The molecular formula is C19H22FNO2. The zero-order valence-electron chi connectivity index (χ0n) is 13.7. The van der Waals surface area contributed by atoms with Gasteiger partial charge in [0.1, 0.15) is 18.2 Å². The zero-order chi connectivity index (χ0) is 16.9. The van der Waals surface area contributed by atoms with Crippen LogP contribution in [-0.2, 0) is 17.9 Å². The Bertz CT molecular complexity index is 660. The van der Waals surface area contributed by atoms with E-state index in [1.54, 1.807) is 6.07 Å². The van der Waals surface area contributed by atoms with Crippen LogP contribution < -0.4 is 10.1 Å². The van der Waals surface area contributed by atoms with Crippen molar-refractivity contribution < 1.29 is 13.9 Å². The van der Waals surface area contributed by atoms with E-state index < -0.39 is 5.41 Å². The third-order valence-electron chi connectivity index (χ3n) is 3.35. The Kier molecular flexibility index (Phi) is 5.37. The van der Waals surface area contributed by atoms with Gasteiger partial charge in [-0.1, -0.05) is 45.0 Å². The van der Waals surface area contributed by atoms with Crippen LogP contribution in [0.25, 0.3) is 0 Å². The molecule has 122 valence electrons. The molecule has 0 fully saturated rings. The molecule has 2 aromatic carbocycles. The molecule has 0 aromatic heterocycles. The quantitative estimate of drug-likeness (QED) is 0.903. The minimum atomic E-state index is -0.395. The van der Waals surface area contributed by atoms with E-state index in [9.17, 15) is 9.18 Å². The highest BCUT2D eigenvalue weighted by Gasteiger charge is 2.20. The Hall–Kier alpha value is -2.36. The van der Waals surface area contributed by atoms with Crippen LogP contribution in [0, 0.1) is 11.2 Å². The van der Waals surface area contributed by atoms with Crippen LogP contribution in [-0.4, -0.2) is 5.91 Å². The highest BCUT2D eigenvalue weighted by Crippen LogP contribution is 2.16. The lowest BCUT2D eigenvalue weighted by atomic mass is 9.95. The van der Waals surface area contributed by atoms with Gasteiger partial charge in [-0.2, -0.15) is 0 Å². The maximum Gasteiger partial charge on any atom is 0.225 e. The molecule has 23 heavy (non-hydrogen) atoms. The maximum absolute atomic E-state index is 13.1. The first kappa shape index (κ1) is 17.0. The molecule has 0 saturated heterocycles. The summed E-state index contributed by atoms with van der Waals surface area (Å²) in [5.74, 6) is 0.458. The molecule has 0 radical (unpaired) electrons. The minimum Gasteiger partial charge on any atom is -0.489 e. The summed E-state index contributed by atoms with van der Waals surface area (Å²) in [4.78, 5) is 11.8. The third-order valence-corrected chi connectivity index (χ3v) is 3.35. The topological polar surface area (TPSA) is 38.3 Å². The van der Waals surface area contributed by atoms with Gasteiger partial charge < -0.3 is 10.1 Å². The van der Waals surface area contributed by atoms with Crippen LogP contribution in [0.1, 0.15) is 31.9 Å². The number of rotatable bonds is 5. The van der Waals surface area contributed by atoms with E-state index in [4.69, 9.17) is 4.74 Å². The predicted molar refractivity (Wildman–Crippen MR) is 88.5 cm³/mol. The zero-order valence-corrected chi connectivity index (χ0v) is 13.7. The lowest BCUT2D eigenvalue weighted by molar-refractivity contribution is -0.128. The van der Waals surface area contributed by atoms with Crippen LogP contribution in [0.15, 0.2) is 48.5 Å². The SMILES string of the molecule is CC(C)(C)C(=O)NCc1ccc(OCc2cccc(F)c2)cc1. The molecule has 2 aromatic rings. The van der Waals surface area contributed by atoms with E-state index in [-0.39, 0.29) is 11.7 Å². The van der Waals surface area contributed by atoms with Crippen molar-refractivity contribution in [1.82, 2.24) is 5.32 Å². The summed E-state index contributed by atoms with van der Waals surface area (Å²) in [6.07, 6.45) is 0. The number of carbonyl (C=O) groups is 1. The molecule has 0 aliphatic heterocycles. The van der Waals surface area contributed by atoms with E-state index in [1.165, 1.54) is 12.1 Å². The van der Waals surface area contributed by atoms with E-state index >= 15 is 0 Å². The number of halogens is 1. The minimum absolute atomic E-state index is 0.0175. The number of hydrogen-bond donors (Lipinski definition) is 1. The van der Waals surface area contributed by atoms with Crippen LogP contribution in [0.3, 0.4) is 0 Å². The normalized spacial score (nSPS) is 11.1. The first-order valence-corrected chi connectivity index (χ1v) is 7.59. The molecule has 0 aliphatic carbocycles. The van der Waals surface area contributed by atoms with Gasteiger partial charge >= 0.3 is 0 Å². The summed E-state index contributed by atoms with van der Waals surface area (Å²) in [6.45, 7) is 6.45. The van der Waals surface area contributed by atoms with Gasteiger partial charge in [-0.15, -0.1) is 0 Å². The predicted octanol–water partition coefficient (Wildman–Crippen LogP) is 4.07. The average molecular weight is 315 g/mol. The lowest BCUT2D eigenvalue weighted by Gasteiger charge is -2.17. The highest BCUT2D eigenvalue weighted by molar-refractivity contribution is 5.81. The Morgan fingerprint density at radius 3 is 2.39 bits per heavy atom. The number of ether oxygens (including phenoxy) is 1. The summed E-state index contributed by atoms with van der Waals surface area (Å²) >= 11 is 0. The second-order valence-corrected chi connectivity index (χ2v) is 6.50. The molecule has 0 bridgehead atoms. The smallest absolute Gasteiger partial charge is 0.225 e. The van der Waals surface area contributed by atoms with Gasteiger partial charge in [0.15, 0.2) is 0 Å². The van der Waals surface area contributed by atoms with Crippen LogP contribution in [0.2, 0.25) is 0 Å². The molecule has 1 N–H and O–H groups in total. The molecule has 0 aliphatic rings. The molecule has 1 amide bonds. The van der Waals surface area contributed by atoms with E-state index in [2.05, 4.69) is 5.32 Å². The van der Waals surface area contributed by atoms with Gasteiger partial charge in [0.05, 0.1) is 0 Å². The largest absolute Gasteiger partial charge is 0.489 e. The highest BCUT2D eigenvalue weighted by atomic mass is 19.1. The van der Waals surface area contributed by atoms with Crippen molar-refractivity contribution in [2.24, 2.45) is 5.41 Å². The van der Waals surface area contributed by atoms with Crippen molar-refractivity contribution in [3.05, 3.63) is 65.5 Å². The van der Waals surface area contributed by atoms with Crippen molar-refractivity contribution in [3.63, 3.8) is 0 Å². The lowest BCUT2D eigenvalue weighted by Crippen LogP contribution is -2.34. The van der Waals surface area contributed by atoms with Gasteiger partial charge in [-0.3, -0.25) is 4.79 Å². The van der Waals surface area contributed by atoms with Crippen molar-refractivity contribution in [1.29, 1.82) is 0 Å². The first-order valence-electron chi connectivity index (χ1n) is 7.59. The molecule has 4 heteroatoms. The second kappa shape index (κ2) is 7.27. The monoisotopic (exact) mass is 315 g/mol. The average Bonchev–Trinajstić information content (AvgIpc) is 2.51. The number of benzene rings is 2. The van der Waals surface area contributed by atoms with E-state index in [1.807, 2.05) is 51.1 Å². The molecule has 0 atom stereocenters. The standard InChI is InChI=1S/C19H22FNO2/c1-19(2,3)18(22)21-12-14-7-9-17(10-8-14)23-13-15-5-4-6-16(20)11-15/h4-11H,12-13H2,1-3H3,(H,21,22). The summed E-state index contributed by atoms with van der Waals surface area (Å²) in [6, 6.07) is 13.8. The Balaban J connectivity index is 1.86. The first-order chi connectivity index (χ1) is 10.8. The van der Waals surface area contributed by atoms with Crippen LogP contribution in [0.5, 0.6) is 5.75 Å². The fourth-order valence-electron chi connectivity index (χ4n) is 1.94. The number of hydrogen-bond acceptors (Lipinski definition) is 2. The molecule has 0 heterocycles. The maximum atomic E-state index is 13.1. The number of carbonyl (C=O) groups excluding carboxylic acids is 1. The summed E-state index contributed by atoms with van der Waals surface area (Å²) in [5, 5.41) is 2.90.